The molecule has 0 radical (unpaired) electrons. The number of amides is 1. The Balaban J connectivity index is 1.12. The van der Waals surface area contributed by atoms with E-state index in [2.05, 4.69) is 20.9 Å². The molecule has 1 fully saturated rings. The van der Waals surface area contributed by atoms with Crippen molar-refractivity contribution in [1.82, 2.24) is 19.9 Å². The van der Waals surface area contributed by atoms with Crippen molar-refractivity contribution in [2.24, 2.45) is 0 Å². The van der Waals surface area contributed by atoms with Gasteiger partial charge in [0.1, 0.15) is 5.82 Å². The molecule has 0 saturated carbocycles. The van der Waals surface area contributed by atoms with Crippen LogP contribution in [0.2, 0.25) is 0 Å². The highest BCUT2D eigenvalue weighted by atomic mass is 32.1. The minimum atomic E-state index is 0.235. The van der Waals surface area contributed by atoms with Gasteiger partial charge in [0.15, 0.2) is 5.82 Å². The van der Waals surface area contributed by atoms with Gasteiger partial charge in [0.25, 0.3) is 0 Å². The summed E-state index contributed by atoms with van der Waals surface area (Å²) in [6.07, 6.45) is 4.07. The first-order valence-electron chi connectivity index (χ1n) is 11.0. The lowest BCUT2D eigenvalue weighted by Crippen LogP contribution is -2.49. The van der Waals surface area contributed by atoms with Crippen LogP contribution in [0.5, 0.6) is 0 Å². The van der Waals surface area contributed by atoms with Crippen LogP contribution in [-0.2, 0) is 11.2 Å². The molecule has 1 saturated heterocycles. The van der Waals surface area contributed by atoms with E-state index in [9.17, 15) is 4.79 Å². The third kappa shape index (κ3) is 4.62. The Morgan fingerprint density at radius 3 is 2.50 bits per heavy atom. The van der Waals surface area contributed by atoms with Crippen LogP contribution < -0.4 is 4.90 Å². The zero-order valence-corrected chi connectivity index (χ0v) is 18.7. The molecule has 0 aliphatic carbocycles. The van der Waals surface area contributed by atoms with Gasteiger partial charge in [-0.3, -0.25) is 4.79 Å². The molecule has 1 amide bonds. The summed E-state index contributed by atoms with van der Waals surface area (Å²) in [5.74, 6) is 1.89. The second kappa shape index (κ2) is 9.44. The highest BCUT2D eigenvalue weighted by Gasteiger charge is 2.22. The van der Waals surface area contributed by atoms with Gasteiger partial charge in [-0.15, -0.1) is 11.3 Å². The van der Waals surface area contributed by atoms with Gasteiger partial charge in [-0.1, -0.05) is 42.5 Å². The van der Waals surface area contributed by atoms with Gasteiger partial charge < -0.3 is 9.80 Å². The standard InChI is InChI=1S/C25H25N5OS/c31-24(12-6-11-23-27-20-9-4-5-10-21(20)32-23)30-17-15-29(16-18-30)22-13-14-26-25(28-22)19-7-2-1-3-8-19/h1-5,7-10,13-14H,6,11-12,15-18H2. The summed E-state index contributed by atoms with van der Waals surface area (Å²) >= 11 is 1.73. The van der Waals surface area contributed by atoms with Crippen molar-refractivity contribution in [2.75, 3.05) is 31.1 Å². The number of carbonyl (C=O) groups is 1. The molecule has 7 heteroatoms. The first-order chi connectivity index (χ1) is 15.8. The Bertz CT molecular complexity index is 1170. The third-order valence-corrected chi connectivity index (χ3v) is 6.84. The number of para-hydroxylation sites is 1. The molecule has 5 rings (SSSR count). The van der Waals surface area contributed by atoms with E-state index in [1.165, 1.54) is 4.70 Å². The summed E-state index contributed by atoms with van der Waals surface area (Å²) in [4.78, 5) is 30.7. The van der Waals surface area contributed by atoms with Crippen LogP contribution in [0.15, 0.2) is 66.9 Å². The van der Waals surface area contributed by atoms with Crippen LogP contribution in [0.3, 0.4) is 0 Å². The Kier molecular flexibility index (Phi) is 6.07. The van der Waals surface area contributed by atoms with Crippen LogP contribution in [-0.4, -0.2) is 51.9 Å². The molecule has 2 aromatic heterocycles. The van der Waals surface area contributed by atoms with Gasteiger partial charge in [0.2, 0.25) is 5.91 Å². The predicted molar refractivity (Wildman–Crippen MR) is 129 cm³/mol. The van der Waals surface area contributed by atoms with Crippen LogP contribution in [0.25, 0.3) is 21.6 Å². The molecule has 6 nitrogen and oxygen atoms in total. The molecule has 0 spiro atoms. The molecule has 0 unspecified atom stereocenters. The van der Waals surface area contributed by atoms with Crippen molar-refractivity contribution in [1.29, 1.82) is 0 Å². The highest BCUT2D eigenvalue weighted by molar-refractivity contribution is 7.18. The molecule has 162 valence electrons. The van der Waals surface area contributed by atoms with Gasteiger partial charge in [-0.05, 0) is 31.0 Å². The molecule has 32 heavy (non-hydrogen) atoms. The number of aryl methyl sites for hydroxylation is 1. The highest BCUT2D eigenvalue weighted by Crippen LogP contribution is 2.23. The van der Waals surface area contributed by atoms with Crippen molar-refractivity contribution in [2.45, 2.75) is 19.3 Å². The largest absolute Gasteiger partial charge is 0.353 e. The minimum Gasteiger partial charge on any atom is -0.353 e. The summed E-state index contributed by atoms with van der Waals surface area (Å²) in [5, 5.41) is 1.11. The summed E-state index contributed by atoms with van der Waals surface area (Å²) < 4.78 is 1.21. The van der Waals surface area contributed by atoms with Crippen molar-refractivity contribution in [3.05, 3.63) is 71.9 Å². The average molecular weight is 444 g/mol. The summed E-state index contributed by atoms with van der Waals surface area (Å²) in [5.41, 5.74) is 2.06. The fourth-order valence-corrected chi connectivity index (χ4v) is 5.02. The number of piperazine rings is 1. The van der Waals surface area contributed by atoms with Gasteiger partial charge >= 0.3 is 0 Å². The van der Waals surface area contributed by atoms with Crippen molar-refractivity contribution in [3.63, 3.8) is 0 Å². The van der Waals surface area contributed by atoms with Crippen LogP contribution in [0, 0.1) is 0 Å². The van der Waals surface area contributed by atoms with Crippen molar-refractivity contribution < 1.29 is 4.79 Å². The van der Waals surface area contributed by atoms with Crippen LogP contribution in [0.4, 0.5) is 5.82 Å². The molecular weight excluding hydrogens is 418 g/mol. The Labute approximate surface area is 191 Å². The van der Waals surface area contributed by atoms with Gasteiger partial charge in [0, 0.05) is 44.4 Å². The number of carbonyl (C=O) groups excluding carboxylic acids is 1. The van der Waals surface area contributed by atoms with Crippen LogP contribution in [0.1, 0.15) is 17.8 Å². The molecule has 0 bridgehead atoms. The fourth-order valence-electron chi connectivity index (χ4n) is 4.01. The topological polar surface area (TPSA) is 62.2 Å². The Morgan fingerprint density at radius 2 is 1.69 bits per heavy atom. The Hall–Kier alpha value is -3.32. The lowest BCUT2D eigenvalue weighted by Gasteiger charge is -2.35. The maximum atomic E-state index is 12.7. The van der Waals surface area contributed by atoms with E-state index in [0.29, 0.717) is 6.42 Å². The first kappa shape index (κ1) is 20.6. The quantitative estimate of drug-likeness (QED) is 0.441. The molecular formula is C25H25N5OS. The van der Waals surface area contributed by atoms with Gasteiger partial charge in [0.05, 0.1) is 15.2 Å². The first-order valence-corrected chi connectivity index (χ1v) is 11.8. The summed E-state index contributed by atoms with van der Waals surface area (Å²) in [7, 11) is 0. The molecule has 4 aromatic rings. The lowest BCUT2D eigenvalue weighted by molar-refractivity contribution is -0.131. The maximum absolute atomic E-state index is 12.7. The fraction of sp³-hybridized carbons (Fsp3) is 0.280. The smallest absolute Gasteiger partial charge is 0.222 e. The molecule has 1 aliphatic heterocycles. The zero-order chi connectivity index (χ0) is 21.8. The lowest BCUT2D eigenvalue weighted by atomic mass is 10.2. The molecule has 1 aliphatic rings. The number of thiazole rings is 1. The number of aromatic nitrogens is 3. The van der Waals surface area contributed by atoms with E-state index in [0.717, 1.165) is 66.8 Å². The summed E-state index contributed by atoms with van der Waals surface area (Å²) in [6, 6.07) is 20.1. The van der Waals surface area contributed by atoms with E-state index in [-0.39, 0.29) is 5.91 Å². The van der Waals surface area contributed by atoms with E-state index in [4.69, 9.17) is 4.98 Å². The van der Waals surface area contributed by atoms with E-state index in [1.54, 1.807) is 11.3 Å². The van der Waals surface area contributed by atoms with Crippen molar-refractivity contribution in [3.8, 4) is 11.4 Å². The van der Waals surface area contributed by atoms with E-state index < -0.39 is 0 Å². The number of nitrogens with zero attached hydrogens (tertiary/aromatic N) is 5. The minimum absolute atomic E-state index is 0.235. The average Bonchev–Trinajstić information content (AvgIpc) is 3.27. The van der Waals surface area contributed by atoms with Crippen LogP contribution >= 0.6 is 11.3 Å². The number of anilines is 1. The molecule has 3 heterocycles. The molecule has 0 N–H and O–H groups in total. The summed E-state index contributed by atoms with van der Waals surface area (Å²) in [6.45, 7) is 3.03. The van der Waals surface area contributed by atoms with E-state index >= 15 is 0 Å². The maximum Gasteiger partial charge on any atom is 0.222 e. The predicted octanol–water partition coefficient (Wildman–Crippen LogP) is 4.42. The monoisotopic (exact) mass is 443 g/mol. The number of fused-ring (bicyclic) bond motifs is 1. The Morgan fingerprint density at radius 1 is 0.906 bits per heavy atom. The molecule has 2 aromatic carbocycles. The SMILES string of the molecule is O=C(CCCc1nc2ccccc2s1)N1CCN(c2ccnc(-c3ccccc3)n2)CC1. The third-order valence-electron chi connectivity index (χ3n) is 5.75. The second-order valence-electron chi connectivity index (χ2n) is 7.90. The van der Waals surface area contributed by atoms with Gasteiger partial charge in [-0.2, -0.15) is 0 Å². The number of rotatable bonds is 6. The zero-order valence-electron chi connectivity index (χ0n) is 17.9. The number of benzene rings is 2. The normalized spacial score (nSPS) is 14.1. The van der Waals surface area contributed by atoms with E-state index in [1.807, 2.05) is 65.7 Å². The van der Waals surface area contributed by atoms with Gasteiger partial charge in [-0.25, -0.2) is 15.0 Å². The van der Waals surface area contributed by atoms with Crippen molar-refractivity contribution >= 4 is 33.3 Å². The number of hydrogen-bond donors (Lipinski definition) is 0. The number of hydrogen-bond acceptors (Lipinski definition) is 6. The molecule has 0 atom stereocenters. The second-order valence-corrected chi connectivity index (χ2v) is 9.02.